The van der Waals surface area contributed by atoms with Gasteiger partial charge in [-0.3, -0.25) is 4.79 Å². The maximum absolute atomic E-state index is 11.9. The summed E-state index contributed by atoms with van der Waals surface area (Å²) in [5, 5.41) is 2.92. The Hall–Kier alpha value is -2.14. The zero-order chi connectivity index (χ0) is 16.7. The van der Waals surface area contributed by atoms with E-state index in [9.17, 15) is 4.79 Å². The van der Waals surface area contributed by atoms with Crippen molar-refractivity contribution in [2.24, 2.45) is 0 Å². The number of para-hydroxylation sites is 2. The number of carbonyl (C=O) groups is 1. The summed E-state index contributed by atoms with van der Waals surface area (Å²) in [6.45, 7) is 9.39. The van der Waals surface area contributed by atoms with Crippen LogP contribution in [-0.4, -0.2) is 34.7 Å². The predicted octanol–water partition coefficient (Wildman–Crippen LogP) is 2.83. The van der Waals surface area contributed by atoms with Crippen LogP contribution in [0.2, 0.25) is 0 Å². The first-order valence-electron chi connectivity index (χ1n) is 8.05. The summed E-state index contributed by atoms with van der Waals surface area (Å²) >= 11 is 0. The first-order valence-corrected chi connectivity index (χ1v) is 8.05. The standard InChI is InChI=1S/C18H25N3O2/c1-4-5-13-23-14(2)18(22)19-11-8-12-21-15(3)20-16-9-6-7-10-17(16)21/h4,6-7,9-10,14H,1,5,8,11-13H2,2-3H3,(H,19,22). The van der Waals surface area contributed by atoms with E-state index in [1.807, 2.05) is 25.1 Å². The smallest absolute Gasteiger partial charge is 0.248 e. The molecule has 1 aromatic heterocycles. The predicted molar refractivity (Wildman–Crippen MR) is 92.3 cm³/mol. The minimum Gasteiger partial charge on any atom is -0.368 e. The number of hydrogen-bond donors (Lipinski definition) is 1. The molecule has 0 aliphatic rings. The van der Waals surface area contributed by atoms with Crippen molar-refractivity contribution in [1.29, 1.82) is 0 Å². The summed E-state index contributed by atoms with van der Waals surface area (Å²) in [6.07, 6.45) is 2.96. The first kappa shape index (κ1) is 17.2. The second kappa shape index (κ2) is 8.48. The molecule has 1 aromatic carbocycles. The van der Waals surface area contributed by atoms with Crippen LogP contribution in [0.1, 0.15) is 25.6 Å². The minimum atomic E-state index is -0.425. The molecule has 1 N–H and O–H groups in total. The quantitative estimate of drug-likeness (QED) is 0.572. The van der Waals surface area contributed by atoms with Crippen molar-refractivity contribution in [2.75, 3.05) is 13.2 Å². The van der Waals surface area contributed by atoms with Crippen molar-refractivity contribution in [3.05, 3.63) is 42.7 Å². The van der Waals surface area contributed by atoms with Crippen LogP contribution >= 0.6 is 0 Å². The topological polar surface area (TPSA) is 56.1 Å². The monoisotopic (exact) mass is 315 g/mol. The Labute approximate surface area is 137 Å². The number of hydrogen-bond acceptors (Lipinski definition) is 3. The molecule has 0 aliphatic heterocycles. The largest absolute Gasteiger partial charge is 0.368 e. The molecule has 1 unspecified atom stereocenters. The van der Waals surface area contributed by atoms with Crippen molar-refractivity contribution in [1.82, 2.24) is 14.9 Å². The van der Waals surface area contributed by atoms with E-state index in [-0.39, 0.29) is 5.91 Å². The van der Waals surface area contributed by atoms with Gasteiger partial charge in [0.1, 0.15) is 11.9 Å². The average Bonchev–Trinajstić information content (AvgIpc) is 2.87. The van der Waals surface area contributed by atoms with Gasteiger partial charge in [-0.2, -0.15) is 0 Å². The molecular weight excluding hydrogens is 290 g/mol. The van der Waals surface area contributed by atoms with Crippen LogP contribution in [0, 0.1) is 6.92 Å². The van der Waals surface area contributed by atoms with Crippen molar-refractivity contribution < 1.29 is 9.53 Å². The molecule has 1 atom stereocenters. The number of rotatable bonds is 9. The van der Waals surface area contributed by atoms with Gasteiger partial charge < -0.3 is 14.6 Å². The van der Waals surface area contributed by atoms with Crippen molar-refractivity contribution >= 4 is 16.9 Å². The lowest BCUT2D eigenvalue weighted by atomic mass is 10.3. The highest BCUT2D eigenvalue weighted by molar-refractivity contribution is 5.80. The Morgan fingerprint density at radius 1 is 1.48 bits per heavy atom. The third-order valence-electron chi connectivity index (χ3n) is 3.76. The van der Waals surface area contributed by atoms with Crippen LogP contribution < -0.4 is 5.32 Å². The molecule has 5 nitrogen and oxygen atoms in total. The molecule has 0 saturated carbocycles. The number of imidazole rings is 1. The number of amides is 1. The number of fused-ring (bicyclic) bond motifs is 1. The maximum atomic E-state index is 11.9. The molecule has 0 aliphatic carbocycles. The van der Waals surface area contributed by atoms with E-state index in [1.165, 1.54) is 0 Å². The summed E-state index contributed by atoms with van der Waals surface area (Å²) in [5.74, 6) is 0.930. The Morgan fingerprint density at radius 2 is 2.26 bits per heavy atom. The van der Waals surface area contributed by atoms with Gasteiger partial charge >= 0.3 is 0 Å². The van der Waals surface area contributed by atoms with Gasteiger partial charge in [0, 0.05) is 13.1 Å². The van der Waals surface area contributed by atoms with Crippen LogP contribution in [0.15, 0.2) is 36.9 Å². The van der Waals surface area contributed by atoms with Crippen LogP contribution in [-0.2, 0) is 16.1 Å². The van der Waals surface area contributed by atoms with Crippen LogP contribution in [0.4, 0.5) is 0 Å². The van der Waals surface area contributed by atoms with Crippen molar-refractivity contribution in [3.8, 4) is 0 Å². The van der Waals surface area contributed by atoms with Gasteiger partial charge in [0.25, 0.3) is 0 Å². The van der Waals surface area contributed by atoms with E-state index in [4.69, 9.17) is 4.74 Å². The molecule has 0 bridgehead atoms. The van der Waals surface area contributed by atoms with Gasteiger partial charge in [0.2, 0.25) is 5.91 Å². The van der Waals surface area contributed by atoms with Gasteiger partial charge in [0.15, 0.2) is 0 Å². The average molecular weight is 315 g/mol. The molecule has 0 spiro atoms. The van der Waals surface area contributed by atoms with E-state index >= 15 is 0 Å². The van der Waals surface area contributed by atoms with Crippen molar-refractivity contribution in [3.63, 3.8) is 0 Å². The number of benzene rings is 1. The highest BCUT2D eigenvalue weighted by Gasteiger charge is 2.12. The van der Waals surface area contributed by atoms with Gasteiger partial charge in [-0.05, 0) is 38.8 Å². The zero-order valence-electron chi connectivity index (χ0n) is 13.9. The van der Waals surface area contributed by atoms with Gasteiger partial charge in [-0.1, -0.05) is 18.2 Å². The zero-order valence-corrected chi connectivity index (χ0v) is 13.9. The molecule has 23 heavy (non-hydrogen) atoms. The third kappa shape index (κ3) is 4.66. The van der Waals surface area contributed by atoms with Crippen LogP contribution in [0.5, 0.6) is 0 Å². The summed E-state index contributed by atoms with van der Waals surface area (Å²) in [5.41, 5.74) is 2.15. The second-order valence-electron chi connectivity index (χ2n) is 5.53. The van der Waals surface area contributed by atoms with Gasteiger partial charge in [0.05, 0.1) is 17.6 Å². The van der Waals surface area contributed by atoms with Crippen LogP contribution in [0.3, 0.4) is 0 Å². The summed E-state index contributed by atoms with van der Waals surface area (Å²) < 4.78 is 7.61. The minimum absolute atomic E-state index is 0.0683. The molecule has 0 saturated heterocycles. The molecule has 1 heterocycles. The van der Waals surface area contributed by atoms with Gasteiger partial charge in [-0.25, -0.2) is 4.98 Å². The number of aryl methyl sites for hydroxylation is 2. The third-order valence-corrected chi connectivity index (χ3v) is 3.76. The van der Waals surface area contributed by atoms with E-state index < -0.39 is 6.10 Å². The normalized spacial score (nSPS) is 12.3. The highest BCUT2D eigenvalue weighted by Crippen LogP contribution is 2.15. The Kier molecular flexibility index (Phi) is 6.35. The number of nitrogens with zero attached hydrogens (tertiary/aromatic N) is 2. The highest BCUT2D eigenvalue weighted by atomic mass is 16.5. The molecule has 5 heteroatoms. The van der Waals surface area contributed by atoms with Crippen molar-refractivity contribution in [2.45, 2.75) is 39.3 Å². The van der Waals surface area contributed by atoms with Gasteiger partial charge in [-0.15, -0.1) is 6.58 Å². The Morgan fingerprint density at radius 3 is 3.04 bits per heavy atom. The summed E-state index contributed by atoms with van der Waals surface area (Å²) in [7, 11) is 0. The lowest BCUT2D eigenvalue weighted by Crippen LogP contribution is -2.35. The fourth-order valence-electron chi connectivity index (χ4n) is 2.47. The molecule has 124 valence electrons. The lowest BCUT2D eigenvalue weighted by molar-refractivity contribution is -0.131. The molecule has 0 radical (unpaired) electrons. The van der Waals surface area contributed by atoms with E-state index in [1.54, 1.807) is 13.0 Å². The molecule has 1 amide bonds. The Bertz CT molecular complexity index is 663. The summed E-state index contributed by atoms with van der Waals surface area (Å²) in [4.78, 5) is 16.4. The molecule has 2 rings (SSSR count). The Balaban J connectivity index is 1.77. The number of ether oxygens (including phenoxy) is 1. The second-order valence-corrected chi connectivity index (χ2v) is 5.53. The summed E-state index contributed by atoms with van der Waals surface area (Å²) in [6, 6.07) is 8.10. The maximum Gasteiger partial charge on any atom is 0.248 e. The number of aromatic nitrogens is 2. The fourth-order valence-corrected chi connectivity index (χ4v) is 2.47. The molecule has 0 fully saturated rings. The SMILES string of the molecule is C=CCCOC(C)C(=O)NCCCn1c(C)nc2ccccc21. The van der Waals surface area contributed by atoms with E-state index in [0.717, 1.165) is 36.2 Å². The van der Waals surface area contributed by atoms with E-state index in [0.29, 0.717) is 13.2 Å². The molecule has 2 aromatic rings. The lowest BCUT2D eigenvalue weighted by Gasteiger charge is -2.13. The molecular formula is C18H25N3O2. The first-order chi connectivity index (χ1) is 11.1. The number of carbonyl (C=O) groups excluding carboxylic acids is 1. The number of nitrogens with one attached hydrogen (secondary N) is 1. The fraction of sp³-hybridized carbons (Fsp3) is 0.444. The van der Waals surface area contributed by atoms with E-state index in [2.05, 4.69) is 27.5 Å². The van der Waals surface area contributed by atoms with Crippen LogP contribution in [0.25, 0.3) is 11.0 Å².